The van der Waals surface area contributed by atoms with Crippen LogP contribution in [-0.2, 0) is 51.8 Å². The van der Waals surface area contributed by atoms with Crippen LogP contribution >= 0.6 is 0 Å². The number of allylic oxidation sites excluding steroid dienone is 2. The summed E-state index contributed by atoms with van der Waals surface area (Å²) >= 11 is 0. The molecule has 2 heterocycles. The van der Waals surface area contributed by atoms with Gasteiger partial charge in [-0.2, -0.15) is 0 Å². The van der Waals surface area contributed by atoms with E-state index in [4.69, 9.17) is 9.47 Å². The molecule has 5 atom stereocenters. The van der Waals surface area contributed by atoms with Crippen LogP contribution in [0.25, 0.3) is 0 Å². The Morgan fingerprint density at radius 1 is 1.11 bits per heavy atom. The Kier molecular flexibility index (Phi) is 11.1. The summed E-state index contributed by atoms with van der Waals surface area (Å²) in [6.07, 6.45) is -0.0962. The van der Waals surface area contributed by atoms with Gasteiger partial charge in [0.2, 0.25) is 21.8 Å². The largest absolute Gasteiger partial charge is 0.444 e. The average Bonchev–Trinajstić information content (AvgIpc) is 3.93. The fourth-order valence-corrected chi connectivity index (χ4v) is 7.92. The minimum absolute atomic E-state index is 0.0411. The molecule has 5 amide bonds. The number of hydrogen-bond acceptors (Lipinski definition) is 10. The van der Waals surface area contributed by atoms with Crippen LogP contribution in [0.3, 0.4) is 0 Å². The molecule has 0 radical (unpaired) electrons. The highest BCUT2D eigenvalue weighted by Crippen LogP contribution is 2.45. The number of nitrogens with zero attached hydrogens (tertiary/aromatic N) is 2. The number of ketones is 1. The van der Waals surface area contributed by atoms with Crippen molar-refractivity contribution in [3.8, 4) is 0 Å². The highest BCUT2D eigenvalue weighted by molar-refractivity contribution is 7.91. The van der Waals surface area contributed by atoms with Crippen molar-refractivity contribution >= 4 is 45.7 Å². The number of halogens is 1. The molecular formula is C36H46FN5O10S. The summed E-state index contributed by atoms with van der Waals surface area (Å²) in [5, 5.41) is 4.37. The van der Waals surface area contributed by atoms with E-state index in [0.717, 1.165) is 4.90 Å². The van der Waals surface area contributed by atoms with E-state index in [9.17, 15) is 41.6 Å². The molecular weight excluding hydrogens is 713 g/mol. The molecule has 1 unspecified atom stereocenters. The van der Waals surface area contributed by atoms with Gasteiger partial charge in [0.25, 0.3) is 5.91 Å². The molecule has 3 fully saturated rings. The van der Waals surface area contributed by atoms with Crippen LogP contribution in [0.1, 0.15) is 77.8 Å². The number of alkyl carbamates (subject to hydrolysis) is 1. The number of ether oxygens (including phenoxy) is 2. The molecule has 1 aromatic carbocycles. The first-order chi connectivity index (χ1) is 24.7. The van der Waals surface area contributed by atoms with Crippen molar-refractivity contribution in [3.63, 3.8) is 0 Å². The molecule has 4 aliphatic rings. The number of carbonyl (C=O) groups excluding carboxylic acids is 6. The number of sulfonamides is 1. The lowest BCUT2D eigenvalue weighted by molar-refractivity contribution is -0.141. The molecule has 0 aromatic heterocycles. The Labute approximate surface area is 307 Å². The maximum absolute atomic E-state index is 14.4. The number of benzene rings is 1. The number of hydrogen-bond donors (Lipinski definition) is 3. The van der Waals surface area contributed by atoms with Gasteiger partial charge in [0.1, 0.15) is 35.1 Å². The summed E-state index contributed by atoms with van der Waals surface area (Å²) in [5.41, 5.74) is -1.04. The highest BCUT2D eigenvalue weighted by atomic mass is 32.2. The first-order valence-corrected chi connectivity index (χ1v) is 19.0. The highest BCUT2D eigenvalue weighted by Gasteiger charge is 2.62. The van der Waals surface area contributed by atoms with Crippen LogP contribution in [-0.4, -0.2) is 95.0 Å². The van der Waals surface area contributed by atoms with Gasteiger partial charge in [-0.3, -0.25) is 28.8 Å². The third-order valence-corrected chi connectivity index (χ3v) is 11.2. The van der Waals surface area contributed by atoms with Gasteiger partial charge in [0.05, 0.1) is 18.3 Å². The standard InChI is InChI=1S/C36H46FN5O10S/c1-7-22-16-36(22,32(46)40-53(49,50)25-11-12-25)39-30(44)29-15-24(51-34(48)41-17-21-9-8-10-27(37)26(21)19-41)18-42(29)31(45)28(14-23(43)13-20(2)3)38-33(47)52-35(4,5)6/h7-10,13,22,24-25,28-29H,1,11-12,14-19H2,2-6H3,(H,38,47)(H,39,44)(H,40,46)/t22-,24?,28+,29+,36-/m1/s1. The summed E-state index contributed by atoms with van der Waals surface area (Å²) in [7, 11) is -3.97. The van der Waals surface area contributed by atoms with Crippen LogP contribution in [0.15, 0.2) is 42.5 Å². The number of rotatable bonds is 12. The number of carbonyl (C=O) groups is 6. The lowest BCUT2D eigenvalue weighted by Gasteiger charge is -2.30. The fourth-order valence-electron chi connectivity index (χ4n) is 6.55. The van der Waals surface area contributed by atoms with Crippen molar-refractivity contribution in [3.05, 3.63) is 59.4 Å². The van der Waals surface area contributed by atoms with Crippen molar-refractivity contribution in [2.75, 3.05) is 6.54 Å². The van der Waals surface area contributed by atoms with Crippen molar-refractivity contribution in [2.24, 2.45) is 5.92 Å². The van der Waals surface area contributed by atoms with E-state index in [2.05, 4.69) is 21.9 Å². The number of fused-ring (bicyclic) bond motifs is 1. The van der Waals surface area contributed by atoms with Crippen LogP contribution < -0.4 is 15.4 Å². The second-order valence-corrected chi connectivity index (χ2v) is 17.2. The lowest BCUT2D eigenvalue weighted by Crippen LogP contribution is -2.58. The van der Waals surface area contributed by atoms with Crippen LogP contribution in [0, 0.1) is 11.7 Å². The summed E-state index contributed by atoms with van der Waals surface area (Å²) in [6, 6.07) is 1.59. The lowest BCUT2D eigenvalue weighted by atomic mass is 10.1. The van der Waals surface area contributed by atoms with Crippen LogP contribution in [0.4, 0.5) is 14.0 Å². The first-order valence-electron chi connectivity index (χ1n) is 17.4. The van der Waals surface area contributed by atoms with Crippen LogP contribution in [0.2, 0.25) is 0 Å². The number of amides is 5. The van der Waals surface area contributed by atoms with Gasteiger partial charge < -0.3 is 25.0 Å². The van der Waals surface area contributed by atoms with Gasteiger partial charge in [0, 0.05) is 30.9 Å². The maximum atomic E-state index is 14.4. The average molecular weight is 760 g/mol. The molecule has 17 heteroatoms. The summed E-state index contributed by atoms with van der Waals surface area (Å²) in [6.45, 7) is 11.6. The SMILES string of the molecule is C=C[C@@H]1C[C@]1(NC(=O)[C@@H]1CC(OC(=O)N2Cc3cccc(F)c3C2)CN1C(=O)[C@H](CC(=O)C=C(C)C)NC(=O)OC(C)(C)C)C(=O)NS(=O)(=O)C1CC1. The summed E-state index contributed by atoms with van der Waals surface area (Å²) < 4.78 is 52.8. The fraction of sp³-hybridized carbons (Fsp3) is 0.556. The van der Waals surface area contributed by atoms with E-state index in [1.807, 2.05) is 0 Å². The van der Waals surface area contributed by atoms with E-state index in [1.165, 1.54) is 29.2 Å². The quantitative estimate of drug-likeness (QED) is 0.211. The zero-order valence-electron chi connectivity index (χ0n) is 30.4. The number of likely N-dealkylation sites (tertiary alicyclic amines) is 1. The smallest absolute Gasteiger partial charge is 0.410 e. The van der Waals surface area contributed by atoms with E-state index < -0.39 is 98.4 Å². The second-order valence-electron chi connectivity index (χ2n) is 15.3. The molecule has 5 rings (SSSR count). The van der Waals surface area contributed by atoms with E-state index in [1.54, 1.807) is 40.7 Å². The molecule has 0 spiro atoms. The molecule has 2 aliphatic heterocycles. The second kappa shape index (κ2) is 14.9. The third kappa shape index (κ3) is 9.23. The van der Waals surface area contributed by atoms with Crippen molar-refractivity contribution in [1.29, 1.82) is 0 Å². The van der Waals surface area contributed by atoms with Gasteiger partial charge in [-0.25, -0.2) is 22.4 Å². The Bertz CT molecular complexity index is 1850. The van der Waals surface area contributed by atoms with Gasteiger partial charge in [-0.15, -0.1) is 6.58 Å². The normalized spacial score (nSPS) is 23.9. The van der Waals surface area contributed by atoms with Crippen molar-refractivity contribution < 1.29 is 51.0 Å². The van der Waals surface area contributed by atoms with Gasteiger partial charge >= 0.3 is 12.2 Å². The Morgan fingerprint density at radius 2 is 1.81 bits per heavy atom. The van der Waals surface area contributed by atoms with Gasteiger partial charge in [-0.05, 0) is 71.6 Å². The van der Waals surface area contributed by atoms with E-state index in [-0.39, 0.29) is 32.5 Å². The topological polar surface area (TPSA) is 198 Å². The molecule has 3 N–H and O–H groups in total. The van der Waals surface area contributed by atoms with Crippen molar-refractivity contribution in [2.45, 2.75) is 114 Å². The third-order valence-electron chi connectivity index (χ3n) is 9.39. The molecule has 2 saturated carbocycles. The number of nitrogens with one attached hydrogen (secondary N) is 3. The summed E-state index contributed by atoms with van der Waals surface area (Å²) in [4.78, 5) is 83.3. The molecule has 1 saturated heterocycles. The minimum Gasteiger partial charge on any atom is -0.444 e. The molecule has 288 valence electrons. The zero-order chi connectivity index (χ0) is 39.0. The molecule has 15 nitrogen and oxygen atoms in total. The predicted octanol–water partition coefficient (Wildman–Crippen LogP) is 2.74. The maximum Gasteiger partial charge on any atom is 0.410 e. The summed E-state index contributed by atoms with van der Waals surface area (Å²) in [5.74, 6) is -4.27. The minimum atomic E-state index is -3.97. The Morgan fingerprint density at radius 3 is 2.40 bits per heavy atom. The van der Waals surface area contributed by atoms with E-state index in [0.29, 0.717) is 29.5 Å². The van der Waals surface area contributed by atoms with Gasteiger partial charge in [-0.1, -0.05) is 23.8 Å². The predicted molar refractivity (Wildman–Crippen MR) is 188 cm³/mol. The van der Waals surface area contributed by atoms with Crippen molar-refractivity contribution in [1.82, 2.24) is 25.2 Å². The van der Waals surface area contributed by atoms with E-state index >= 15 is 0 Å². The monoisotopic (exact) mass is 759 g/mol. The molecule has 2 aliphatic carbocycles. The van der Waals surface area contributed by atoms with Crippen LogP contribution in [0.5, 0.6) is 0 Å². The first kappa shape index (κ1) is 39.4. The Balaban J connectivity index is 1.40. The Hall–Kier alpha value is -4.80. The zero-order valence-corrected chi connectivity index (χ0v) is 31.2. The molecule has 53 heavy (non-hydrogen) atoms. The molecule has 0 bridgehead atoms. The molecule has 1 aromatic rings. The van der Waals surface area contributed by atoms with Gasteiger partial charge in [0.15, 0.2) is 5.78 Å².